The van der Waals surface area contributed by atoms with E-state index in [0.29, 0.717) is 22.4 Å². The number of aryl methyl sites for hydroxylation is 2. The molecule has 1 saturated carbocycles. The Morgan fingerprint density at radius 1 is 1.32 bits per heavy atom. The van der Waals surface area contributed by atoms with Crippen molar-refractivity contribution >= 4 is 28.7 Å². The SMILES string of the molecule is Cc1cc(C(N)=O)c(F)cc1Nc1ncc2c(n1)n([C@H]1CC[C@@H](C#N)CC1)c(=O)n2C. The summed E-state index contributed by atoms with van der Waals surface area (Å²) < 4.78 is 17.4. The number of nitrogens with one attached hydrogen (secondary N) is 1. The van der Waals surface area contributed by atoms with Crippen LogP contribution in [0.2, 0.25) is 0 Å². The summed E-state index contributed by atoms with van der Waals surface area (Å²) in [4.78, 5) is 33.0. The molecule has 0 atom stereocenters. The number of amides is 1. The van der Waals surface area contributed by atoms with E-state index in [1.807, 2.05) is 0 Å². The number of anilines is 2. The maximum absolute atomic E-state index is 14.2. The van der Waals surface area contributed by atoms with E-state index in [0.717, 1.165) is 25.7 Å². The minimum Gasteiger partial charge on any atom is -0.366 e. The van der Waals surface area contributed by atoms with Crippen LogP contribution in [0.25, 0.3) is 11.2 Å². The lowest BCUT2D eigenvalue weighted by molar-refractivity contribution is 0.0996. The molecule has 0 bridgehead atoms. The first-order valence-electron chi connectivity index (χ1n) is 10.0. The zero-order valence-corrected chi connectivity index (χ0v) is 17.2. The highest BCUT2D eigenvalue weighted by molar-refractivity contribution is 5.94. The van der Waals surface area contributed by atoms with Crippen LogP contribution in [0.4, 0.5) is 16.0 Å². The van der Waals surface area contributed by atoms with Crippen LogP contribution in [-0.4, -0.2) is 25.0 Å². The second kappa shape index (κ2) is 7.83. The van der Waals surface area contributed by atoms with E-state index in [9.17, 15) is 14.0 Å². The largest absolute Gasteiger partial charge is 0.366 e. The van der Waals surface area contributed by atoms with Gasteiger partial charge in [-0.2, -0.15) is 10.2 Å². The Morgan fingerprint density at radius 2 is 2.03 bits per heavy atom. The Kier molecular flexibility index (Phi) is 5.19. The molecule has 1 fully saturated rings. The molecule has 31 heavy (non-hydrogen) atoms. The van der Waals surface area contributed by atoms with E-state index in [2.05, 4.69) is 21.4 Å². The van der Waals surface area contributed by atoms with Gasteiger partial charge in [-0.1, -0.05) is 0 Å². The smallest absolute Gasteiger partial charge is 0.330 e. The van der Waals surface area contributed by atoms with Gasteiger partial charge in [0.05, 0.1) is 17.8 Å². The number of carbonyl (C=O) groups excluding carboxylic acids is 1. The number of fused-ring (bicyclic) bond motifs is 1. The molecule has 160 valence electrons. The second-order valence-electron chi connectivity index (χ2n) is 7.88. The van der Waals surface area contributed by atoms with Gasteiger partial charge in [-0.3, -0.25) is 13.9 Å². The van der Waals surface area contributed by atoms with Crippen LogP contribution in [0, 0.1) is 30.0 Å². The number of halogens is 1. The van der Waals surface area contributed by atoms with Crippen LogP contribution < -0.4 is 16.7 Å². The molecule has 1 aromatic carbocycles. The maximum Gasteiger partial charge on any atom is 0.330 e. The third kappa shape index (κ3) is 3.63. The zero-order chi connectivity index (χ0) is 22.3. The molecule has 0 radical (unpaired) electrons. The molecule has 0 unspecified atom stereocenters. The lowest BCUT2D eigenvalue weighted by atomic mass is 9.87. The molecule has 3 N–H and O–H groups in total. The van der Waals surface area contributed by atoms with Gasteiger partial charge in [-0.15, -0.1) is 0 Å². The molecule has 4 rings (SSSR count). The highest BCUT2D eigenvalue weighted by Gasteiger charge is 2.26. The molecule has 1 aliphatic carbocycles. The molecule has 0 saturated heterocycles. The molecule has 2 heterocycles. The van der Waals surface area contributed by atoms with Crippen LogP contribution in [0.15, 0.2) is 23.1 Å². The van der Waals surface area contributed by atoms with Crippen molar-refractivity contribution < 1.29 is 9.18 Å². The van der Waals surface area contributed by atoms with Crippen molar-refractivity contribution in [2.24, 2.45) is 18.7 Å². The Morgan fingerprint density at radius 3 is 2.68 bits per heavy atom. The number of nitrogens with zero attached hydrogens (tertiary/aromatic N) is 5. The van der Waals surface area contributed by atoms with Gasteiger partial charge in [0.25, 0.3) is 5.91 Å². The number of aromatic nitrogens is 4. The van der Waals surface area contributed by atoms with Crippen molar-refractivity contribution in [2.45, 2.75) is 38.6 Å². The van der Waals surface area contributed by atoms with Crippen LogP contribution in [0.3, 0.4) is 0 Å². The van der Waals surface area contributed by atoms with Crippen molar-refractivity contribution in [3.8, 4) is 6.07 Å². The third-order valence-electron chi connectivity index (χ3n) is 5.90. The number of primary amides is 1. The van der Waals surface area contributed by atoms with E-state index in [1.165, 1.54) is 16.7 Å². The standard InChI is InChI=1S/C21H22FN7O2/c1-11-7-14(18(24)30)15(22)8-16(11)26-20-25-10-17-19(27-20)29(21(31)28(17)2)13-5-3-12(9-23)4-6-13/h7-8,10,12-13H,3-6H2,1-2H3,(H2,24,30)(H,25,26,27)/t12-,13+. The highest BCUT2D eigenvalue weighted by Crippen LogP contribution is 2.33. The van der Waals surface area contributed by atoms with Gasteiger partial charge in [-0.05, 0) is 50.3 Å². The summed E-state index contributed by atoms with van der Waals surface area (Å²) in [6, 6.07) is 4.79. The van der Waals surface area contributed by atoms with Gasteiger partial charge in [0, 0.05) is 24.7 Å². The van der Waals surface area contributed by atoms with Crippen LogP contribution in [0.1, 0.15) is 47.6 Å². The molecule has 0 spiro atoms. The van der Waals surface area contributed by atoms with Crippen LogP contribution >= 0.6 is 0 Å². The first kappa shape index (κ1) is 20.5. The van der Waals surface area contributed by atoms with Crippen molar-refractivity contribution in [3.05, 3.63) is 45.8 Å². The van der Waals surface area contributed by atoms with Crippen molar-refractivity contribution in [1.29, 1.82) is 5.26 Å². The topological polar surface area (TPSA) is 132 Å². The number of hydrogen-bond donors (Lipinski definition) is 2. The first-order valence-corrected chi connectivity index (χ1v) is 10.0. The first-order chi connectivity index (χ1) is 14.8. The van der Waals surface area contributed by atoms with Crippen LogP contribution in [-0.2, 0) is 7.05 Å². The third-order valence-corrected chi connectivity index (χ3v) is 5.90. The number of imidazole rings is 1. The highest BCUT2D eigenvalue weighted by atomic mass is 19.1. The lowest BCUT2D eigenvalue weighted by Crippen LogP contribution is -2.28. The molecule has 1 amide bonds. The summed E-state index contributed by atoms with van der Waals surface area (Å²) in [5, 5.41) is 12.1. The van der Waals surface area contributed by atoms with E-state index >= 15 is 0 Å². The van der Waals surface area contributed by atoms with Gasteiger partial charge in [0.2, 0.25) is 5.95 Å². The predicted octanol–water partition coefficient (Wildman–Crippen LogP) is 2.67. The average molecular weight is 423 g/mol. The zero-order valence-electron chi connectivity index (χ0n) is 17.2. The van der Waals surface area contributed by atoms with E-state index in [-0.39, 0.29) is 29.2 Å². The summed E-state index contributed by atoms with van der Waals surface area (Å²) in [7, 11) is 1.67. The predicted molar refractivity (Wildman–Crippen MR) is 112 cm³/mol. The molecular formula is C21H22FN7O2. The van der Waals surface area contributed by atoms with Crippen molar-refractivity contribution in [2.75, 3.05) is 5.32 Å². The Balaban J connectivity index is 1.72. The normalized spacial score (nSPS) is 18.6. The summed E-state index contributed by atoms with van der Waals surface area (Å²) in [6.45, 7) is 1.71. The summed E-state index contributed by atoms with van der Waals surface area (Å²) in [5.74, 6) is -1.36. The van der Waals surface area contributed by atoms with Crippen molar-refractivity contribution in [3.63, 3.8) is 0 Å². The fourth-order valence-corrected chi connectivity index (χ4v) is 4.11. The minimum atomic E-state index is -0.843. The minimum absolute atomic E-state index is 0.0232. The molecule has 3 aromatic rings. The number of nitrogens with two attached hydrogens (primary N) is 1. The van der Waals surface area contributed by atoms with Gasteiger partial charge >= 0.3 is 5.69 Å². The summed E-state index contributed by atoms with van der Waals surface area (Å²) in [6.07, 6.45) is 4.48. The Hall–Kier alpha value is -3.74. The number of carbonyl (C=O) groups is 1. The van der Waals surface area contributed by atoms with Gasteiger partial charge in [-0.25, -0.2) is 14.2 Å². The summed E-state index contributed by atoms with van der Waals surface area (Å²) >= 11 is 0. The number of rotatable bonds is 4. The van der Waals surface area contributed by atoms with Gasteiger partial charge < -0.3 is 11.1 Å². The second-order valence-corrected chi connectivity index (χ2v) is 7.88. The molecule has 10 heteroatoms. The average Bonchev–Trinajstić information content (AvgIpc) is 3.00. The number of nitriles is 1. The number of hydrogen-bond acceptors (Lipinski definition) is 6. The van der Waals surface area contributed by atoms with Gasteiger partial charge in [0.1, 0.15) is 11.3 Å². The molecule has 9 nitrogen and oxygen atoms in total. The molecule has 0 aliphatic heterocycles. The monoisotopic (exact) mass is 423 g/mol. The fraction of sp³-hybridized carbons (Fsp3) is 0.381. The lowest BCUT2D eigenvalue weighted by Gasteiger charge is -2.25. The fourth-order valence-electron chi connectivity index (χ4n) is 4.11. The van der Waals surface area contributed by atoms with E-state index in [4.69, 9.17) is 11.0 Å². The molecule has 1 aliphatic rings. The molecule has 2 aromatic heterocycles. The summed E-state index contributed by atoms with van der Waals surface area (Å²) in [5.41, 5.74) is 6.88. The molecular weight excluding hydrogens is 401 g/mol. The number of benzene rings is 1. The van der Waals surface area contributed by atoms with Crippen LogP contribution in [0.5, 0.6) is 0 Å². The van der Waals surface area contributed by atoms with Gasteiger partial charge in [0.15, 0.2) is 5.65 Å². The van der Waals surface area contributed by atoms with Crippen molar-refractivity contribution in [1.82, 2.24) is 19.1 Å². The van der Waals surface area contributed by atoms with E-state index < -0.39 is 11.7 Å². The quantitative estimate of drug-likeness (QED) is 0.663. The maximum atomic E-state index is 14.2. The Bertz CT molecular complexity index is 1280. The van der Waals surface area contributed by atoms with E-state index in [1.54, 1.807) is 24.7 Å². The Labute approximate surface area is 177 Å².